The Bertz CT molecular complexity index is 1780. The lowest BCUT2D eigenvalue weighted by Gasteiger charge is -2.48. The number of halogens is 9. The Hall–Kier alpha value is -3.63. The Balaban J connectivity index is 1.38. The van der Waals surface area contributed by atoms with Crippen LogP contribution in [0.4, 0.5) is 39.5 Å². The summed E-state index contributed by atoms with van der Waals surface area (Å²) in [5, 5.41) is 0. The lowest BCUT2D eigenvalue weighted by Crippen LogP contribution is -2.56. The summed E-state index contributed by atoms with van der Waals surface area (Å²) < 4.78 is 165. The van der Waals surface area contributed by atoms with Crippen LogP contribution in [0, 0.1) is 23.4 Å². The molecule has 6 rings (SSSR count). The molecule has 2 bridgehead atoms. The summed E-state index contributed by atoms with van der Waals surface area (Å²) in [4.78, 5) is 14.7. The van der Waals surface area contributed by atoms with Gasteiger partial charge in [-0.25, -0.2) is 21.6 Å². The molecule has 3 fully saturated rings. The van der Waals surface area contributed by atoms with Gasteiger partial charge in [-0.05, 0) is 67.6 Å². The van der Waals surface area contributed by atoms with Gasteiger partial charge in [-0.3, -0.25) is 4.79 Å². The number of hydrogen-bond acceptors (Lipinski definition) is 5. The fourth-order valence-electron chi connectivity index (χ4n) is 7.01. The normalized spacial score (nSPS) is 24.5. The predicted molar refractivity (Wildman–Crippen MR) is 154 cm³/mol. The Morgan fingerprint density at radius 3 is 1.86 bits per heavy atom. The van der Waals surface area contributed by atoms with Crippen LogP contribution in [0.2, 0.25) is 0 Å². The fraction of sp³-hybridized carbons (Fsp3) is 0.424. The summed E-state index contributed by atoms with van der Waals surface area (Å²) in [5.74, 6) is -4.83. The molecule has 2 unspecified atom stereocenters. The van der Waals surface area contributed by atoms with Crippen LogP contribution in [-0.2, 0) is 41.1 Å². The molecule has 0 radical (unpaired) electrons. The second kappa shape index (κ2) is 12.3. The van der Waals surface area contributed by atoms with E-state index in [-0.39, 0.29) is 41.4 Å². The Labute approximate surface area is 274 Å². The zero-order valence-corrected chi connectivity index (χ0v) is 26.1. The number of alkyl halides is 6. The van der Waals surface area contributed by atoms with Gasteiger partial charge in [-0.1, -0.05) is 30.3 Å². The molecule has 3 aliphatic rings. The van der Waals surface area contributed by atoms with E-state index in [2.05, 4.69) is 4.74 Å². The first-order valence-electron chi connectivity index (χ1n) is 15.2. The monoisotopic (exact) mass is 721 g/mol. The third-order valence-corrected chi connectivity index (χ3v) is 12.1. The van der Waals surface area contributed by atoms with Crippen molar-refractivity contribution in [2.75, 3.05) is 13.1 Å². The van der Waals surface area contributed by atoms with Gasteiger partial charge < -0.3 is 14.4 Å². The molecule has 264 valence electrons. The third kappa shape index (κ3) is 5.88. The van der Waals surface area contributed by atoms with Crippen molar-refractivity contribution < 1.29 is 62.2 Å². The number of nitrogens with zero attached hydrogens (tertiary/aromatic N) is 1. The predicted octanol–water partition coefficient (Wildman–Crippen LogP) is 7.11. The SMILES string of the molecule is O=C([C@H]1C[C@@](c2ccc(C(OCc3c(F)cccc3F)(C(F)(F)F)C(F)(F)F)cc2)(S(=O)(=O)c2ccc(F)cc2)C1)N1CC2CCC(C1)O2. The first kappa shape index (κ1) is 35.2. The van der Waals surface area contributed by atoms with Crippen LogP contribution < -0.4 is 0 Å². The molecule has 3 aromatic rings. The molecular weight excluding hydrogens is 693 g/mol. The van der Waals surface area contributed by atoms with Gasteiger partial charge in [0, 0.05) is 30.1 Å². The number of hydrogen-bond donors (Lipinski definition) is 0. The number of amides is 1. The van der Waals surface area contributed by atoms with E-state index in [4.69, 9.17) is 4.74 Å². The highest BCUT2D eigenvalue weighted by molar-refractivity contribution is 7.92. The highest BCUT2D eigenvalue weighted by Crippen LogP contribution is 2.57. The molecule has 0 aromatic heterocycles. The summed E-state index contributed by atoms with van der Waals surface area (Å²) in [7, 11) is -4.52. The Morgan fingerprint density at radius 2 is 1.35 bits per heavy atom. The molecule has 49 heavy (non-hydrogen) atoms. The molecule has 2 saturated heterocycles. The van der Waals surface area contributed by atoms with Gasteiger partial charge in [0.2, 0.25) is 5.91 Å². The first-order chi connectivity index (χ1) is 22.9. The van der Waals surface area contributed by atoms with E-state index >= 15 is 0 Å². The summed E-state index contributed by atoms with van der Waals surface area (Å²) in [6.07, 6.45) is -12.0. The van der Waals surface area contributed by atoms with E-state index in [1.54, 1.807) is 4.90 Å². The van der Waals surface area contributed by atoms with E-state index in [0.717, 1.165) is 55.3 Å². The van der Waals surface area contributed by atoms with Gasteiger partial charge >= 0.3 is 12.4 Å². The maximum Gasteiger partial charge on any atom is 0.430 e. The van der Waals surface area contributed by atoms with Crippen molar-refractivity contribution in [3.63, 3.8) is 0 Å². The summed E-state index contributed by atoms with van der Waals surface area (Å²) >= 11 is 0. The van der Waals surface area contributed by atoms with Gasteiger partial charge in [0.15, 0.2) is 9.84 Å². The number of morpholine rings is 1. The zero-order chi connectivity index (χ0) is 35.6. The number of rotatable bonds is 8. The van der Waals surface area contributed by atoms with Crippen molar-refractivity contribution in [3.8, 4) is 0 Å². The fourth-order valence-corrected chi connectivity index (χ4v) is 9.24. The molecule has 6 nitrogen and oxygen atoms in total. The van der Waals surface area contributed by atoms with Crippen LogP contribution >= 0.6 is 0 Å². The number of benzene rings is 3. The average molecular weight is 722 g/mol. The summed E-state index contributed by atoms with van der Waals surface area (Å²) in [6, 6.07) is 8.18. The molecule has 1 saturated carbocycles. The van der Waals surface area contributed by atoms with Crippen molar-refractivity contribution in [2.45, 2.75) is 72.1 Å². The van der Waals surface area contributed by atoms with Crippen LogP contribution in [0.15, 0.2) is 71.6 Å². The topological polar surface area (TPSA) is 72.9 Å². The van der Waals surface area contributed by atoms with Crippen LogP contribution in [0.5, 0.6) is 0 Å². The van der Waals surface area contributed by atoms with Crippen molar-refractivity contribution in [1.29, 1.82) is 0 Å². The van der Waals surface area contributed by atoms with E-state index in [1.807, 2.05) is 0 Å². The van der Waals surface area contributed by atoms with Crippen LogP contribution in [-0.4, -0.2) is 56.9 Å². The summed E-state index contributed by atoms with van der Waals surface area (Å²) in [6.45, 7) is -1.16. The quantitative estimate of drug-likeness (QED) is 0.183. The zero-order valence-electron chi connectivity index (χ0n) is 25.3. The Kier molecular flexibility index (Phi) is 8.84. The lowest BCUT2D eigenvalue weighted by atomic mass is 9.69. The van der Waals surface area contributed by atoms with Crippen molar-refractivity contribution in [2.24, 2.45) is 5.92 Å². The molecule has 2 heterocycles. The van der Waals surface area contributed by atoms with E-state index in [1.165, 1.54) is 0 Å². The molecule has 2 atom stereocenters. The second-order valence-corrected chi connectivity index (χ2v) is 14.8. The standard InChI is InChI=1S/C33H28F9NO5S/c34-22-8-12-25(13-9-22)49(45,46)30(14-19(15-30)29(44)43-16-23-10-11-24(17-43)48-23)20-4-6-21(7-5-20)31(32(37,38)39,33(40,41)42)47-18-26-27(35)2-1-3-28(26)36/h1-9,12-13,19,23-24H,10-11,14-18H2/t19-,23?,24?,30+. The molecule has 0 spiro atoms. The first-order valence-corrected chi connectivity index (χ1v) is 16.6. The minimum Gasteiger partial charge on any atom is -0.371 e. The number of ether oxygens (including phenoxy) is 2. The smallest absolute Gasteiger partial charge is 0.371 e. The van der Waals surface area contributed by atoms with Crippen molar-refractivity contribution >= 4 is 15.7 Å². The number of fused-ring (bicyclic) bond motifs is 2. The molecule has 3 aromatic carbocycles. The lowest BCUT2D eigenvalue weighted by molar-refractivity contribution is -0.392. The largest absolute Gasteiger partial charge is 0.430 e. The van der Waals surface area contributed by atoms with E-state index in [9.17, 15) is 52.7 Å². The molecule has 2 aliphatic heterocycles. The van der Waals surface area contributed by atoms with Crippen molar-refractivity contribution in [3.05, 3.63) is 101 Å². The number of sulfone groups is 1. The van der Waals surface area contributed by atoms with E-state index in [0.29, 0.717) is 37.4 Å². The van der Waals surface area contributed by atoms with Crippen molar-refractivity contribution in [1.82, 2.24) is 4.90 Å². The van der Waals surface area contributed by atoms with Gasteiger partial charge in [0.25, 0.3) is 5.60 Å². The number of carbonyl (C=O) groups is 1. The molecular formula is C33H28F9NO5S. The average Bonchev–Trinajstić information content (AvgIpc) is 3.34. The number of carbonyl (C=O) groups excluding carboxylic acids is 1. The van der Waals surface area contributed by atoms with Gasteiger partial charge in [0.1, 0.15) is 22.2 Å². The van der Waals surface area contributed by atoms with Gasteiger partial charge in [-0.15, -0.1) is 0 Å². The van der Waals surface area contributed by atoms with Crippen LogP contribution in [0.1, 0.15) is 42.4 Å². The van der Waals surface area contributed by atoms with Gasteiger partial charge in [0.05, 0.1) is 23.7 Å². The van der Waals surface area contributed by atoms with Crippen LogP contribution in [0.3, 0.4) is 0 Å². The minimum atomic E-state index is -6.21. The van der Waals surface area contributed by atoms with Crippen LogP contribution in [0.25, 0.3) is 0 Å². The molecule has 0 N–H and O–H groups in total. The maximum absolute atomic E-state index is 14.5. The second-order valence-electron chi connectivity index (χ2n) is 12.5. The Morgan fingerprint density at radius 1 is 0.816 bits per heavy atom. The highest BCUT2D eigenvalue weighted by atomic mass is 32.2. The molecule has 1 aliphatic carbocycles. The molecule has 1 amide bonds. The highest BCUT2D eigenvalue weighted by Gasteiger charge is 2.73. The van der Waals surface area contributed by atoms with Gasteiger partial charge in [-0.2, -0.15) is 26.3 Å². The maximum atomic E-state index is 14.5. The summed E-state index contributed by atoms with van der Waals surface area (Å²) in [5.41, 5.74) is -7.99. The minimum absolute atomic E-state index is 0.164. The third-order valence-electron chi connectivity index (χ3n) is 9.61. The molecule has 16 heteroatoms. The van der Waals surface area contributed by atoms with E-state index < -0.39 is 73.6 Å². The number of likely N-dealkylation sites (tertiary alicyclic amines) is 1.